The number of nitrogens with two attached hydrogens (primary N) is 2. The Morgan fingerprint density at radius 3 is 2.16 bits per heavy atom. The number of aromatic amines is 1. The van der Waals surface area contributed by atoms with Crippen LogP contribution in [0, 0.1) is 0 Å². The Balaban J connectivity index is 2.32. The number of carboxylic acids is 1. The second-order valence-corrected chi connectivity index (χ2v) is 9.30. The predicted molar refractivity (Wildman–Crippen MR) is 140 cm³/mol. The van der Waals surface area contributed by atoms with Gasteiger partial charge in [-0.3, -0.25) is 14.4 Å². The van der Waals surface area contributed by atoms with E-state index in [1.165, 1.54) is 13.8 Å². The minimum atomic E-state index is -1.60. The molecule has 11 N–H and O–H groups in total. The van der Waals surface area contributed by atoms with Gasteiger partial charge in [0.1, 0.15) is 18.1 Å². The van der Waals surface area contributed by atoms with Gasteiger partial charge in [-0.15, -0.1) is 0 Å². The molecule has 0 fully saturated rings. The highest BCUT2D eigenvalue weighted by Crippen LogP contribution is 2.19. The zero-order valence-corrected chi connectivity index (χ0v) is 21.5. The number of carbonyl (C=O) groups excluding carboxylic acids is 3. The molecule has 38 heavy (non-hydrogen) atoms. The Morgan fingerprint density at radius 1 is 0.921 bits per heavy atom. The summed E-state index contributed by atoms with van der Waals surface area (Å²) in [5.74, 6) is -3.71. The van der Waals surface area contributed by atoms with Crippen LogP contribution >= 0.6 is 0 Å². The molecule has 0 radical (unpaired) electrons. The smallest absolute Gasteiger partial charge is 0.328 e. The number of carboxylic acid groups (broad SMARTS) is 1. The van der Waals surface area contributed by atoms with Crippen molar-refractivity contribution in [1.29, 1.82) is 0 Å². The Morgan fingerprint density at radius 2 is 1.55 bits per heavy atom. The maximum absolute atomic E-state index is 13.3. The zero-order valence-electron chi connectivity index (χ0n) is 21.5. The largest absolute Gasteiger partial charge is 0.480 e. The lowest BCUT2D eigenvalue weighted by molar-refractivity contribution is -0.145. The molecule has 6 unspecified atom stereocenters. The molecular formula is C25H38N6O7. The van der Waals surface area contributed by atoms with Crippen molar-refractivity contribution in [1.82, 2.24) is 20.9 Å². The second-order valence-electron chi connectivity index (χ2n) is 9.30. The number of H-pyrrole nitrogens is 1. The fourth-order valence-corrected chi connectivity index (χ4v) is 3.89. The van der Waals surface area contributed by atoms with Crippen LogP contribution in [0.4, 0.5) is 0 Å². The fourth-order valence-electron chi connectivity index (χ4n) is 3.89. The van der Waals surface area contributed by atoms with Gasteiger partial charge < -0.3 is 47.7 Å². The molecule has 1 heterocycles. The average molecular weight is 535 g/mol. The fraction of sp³-hybridized carbons (Fsp3) is 0.520. The van der Waals surface area contributed by atoms with Gasteiger partial charge in [0.2, 0.25) is 17.7 Å². The molecule has 2 aromatic rings. The molecule has 6 atom stereocenters. The van der Waals surface area contributed by atoms with Crippen LogP contribution in [0.15, 0.2) is 30.5 Å². The number of benzene rings is 1. The summed E-state index contributed by atoms with van der Waals surface area (Å²) in [5, 5.41) is 37.1. The monoisotopic (exact) mass is 534 g/mol. The third-order valence-corrected chi connectivity index (χ3v) is 6.18. The highest BCUT2D eigenvalue weighted by Gasteiger charge is 2.32. The third-order valence-electron chi connectivity index (χ3n) is 6.18. The molecule has 0 spiro atoms. The number of nitrogens with one attached hydrogen (secondary N) is 4. The lowest BCUT2D eigenvalue weighted by Gasteiger charge is -2.26. The first-order chi connectivity index (χ1) is 18.0. The topological polar surface area (TPSA) is 233 Å². The van der Waals surface area contributed by atoms with E-state index in [4.69, 9.17) is 11.5 Å². The van der Waals surface area contributed by atoms with Crippen molar-refractivity contribution in [2.45, 2.75) is 75.9 Å². The van der Waals surface area contributed by atoms with E-state index in [-0.39, 0.29) is 12.8 Å². The van der Waals surface area contributed by atoms with Gasteiger partial charge in [-0.25, -0.2) is 4.79 Å². The van der Waals surface area contributed by atoms with Crippen LogP contribution in [-0.4, -0.2) is 86.9 Å². The maximum Gasteiger partial charge on any atom is 0.328 e. The number of amides is 3. The summed E-state index contributed by atoms with van der Waals surface area (Å²) in [5.41, 5.74) is 12.7. The van der Waals surface area contributed by atoms with Crippen LogP contribution in [0.5, 0.6) is 0 Å². The SMILES string of the molecule is CC(O)C(N)C(=O)NC(CCCCN)C(=O)NC(Cc1c[nH]c2ccccc12)C(=O)NC(C(=O)O)C(C)O. The number of hydrogen-bond donors (Lipinski definition) is 9. The zero-order chi connectivity index (χ0) is 28.4. The number of hydrogen-bond acceptors (Lipinski definition) is 8. The molecule has 0 aliphatic rings. The molecule has 1 aromatic heterocycles. The summed E-state index contributed by atoms with van der Waals surface area (Å²) >= 11 is 0. The molecular weight excluding hydrogens is 496 g/mol. The van der Waals surface area contributed by atoms with Crippen LogP contribution in [0.1, 0.15) is 38.7 Å². The Labute approximate surface area is 220 Å². The number of aliphatic carboxylic acids is 1. The molecule has 0 bridgehead atoms. The predicted octanol–water partition coefficient (Wildman–Crippen LogP) is -1.53. The number of carbonyl (C=O) groups is 4. The van der Waals surface area contributed by atoms with Gasteiger partial charge in [0, 0.05) is 23.5 Å². The highest BCUT2D eigenvalue weighted by molar-refractivity contribution is 5.95. The van der Waals surface area contributed by atoms with E-state index in [1.54, 1.807) is 6.20 Å². The minimum Gasteiger partial charge on any atom is -0.480 e. The number of aliphatic hydroxyl groups excluding tert-OH is 2. The van der Waals surface area contributed by atoms with Crippen LogP contribution in [0.3, 0.4) is 0 Å². The summed E-state index contributed by atoms with van der Waals surface area (Å²) in [7, 11) is 0. The molecule has 13 heteroatoms. The van der Waals surface area contributed by atoms with E-state index in [0.29, 0.717) is 24.9 Å². The van der Waals surface area contributed by atoms with E-state index in [1.807, 2.05) is 24.3 Å². The molecule has 210 valence electrons. The summed E-state index contributed by atoms with van der Waals surface area (Å²) < 4.78 is 0. The van der Waals surface area contributed by atoms with Gasteiger partial charge in [-0.1, -0.05) is 18.2 Å². The molecule has 0 saturated carbocycles. The van der Waals surface area contributed by atoms with E-state index in [2.05, 4.69) is 20.9 Å². The van der Waals surface area contributed by atoms with Gasteiger partial charge >= 0.3 is 5.97 Å². The molecule has 2 rings (SSSR count). The molecule has 3 amide bonds. The third kappa shape index (κ3) is 8.52. The molecule has 0 saturated heterocycles. The Hall–Kier alpha value is -3.52. The van der Waals surface area contributed by atoms with Gasteiger partial charge in [-0.2, -0.15) is 0 Å². The van der Waals surface area contributed by atoms with E-state index in [0.717, 1.165) is 10.9 Å². The number of aromatic nitrogens is 1. The lowest BCUT2D eigenvalue weighted by Crippen LogP contribution is -2.59. The van der Waals surface area contributed by atoms with Gasteiger partial charge in [0.25, 0.3) is 0 Å². The van der Waals surface area contributed by atoms with E-state index in [9.17, 15) is 34.5 Å². The first-order valence-corrected chi connectivity index (χ1v) is 12.5. The van der Waals surface area contributed by atoms with Gasteiger partial charge in [0.15, 0.2) is 6.04 Å². The minimum absolute atomic E-state index is 0.00953. The first kappa shape index (κ1) is 30.7. The van der Waals surface area contributed by atoms with Crippen LogP contribution in [-0.2, 0) is 25.6 Å². The number of fused-ring (bicyclic) bond motifs is 1. The molecule has 13 nitrogen and oxygen atoms in total. The normalized spacial score (nSPS) is 16.1. The van der Waals surface area contributed by atoms with Crippen molar-refractivity contribution in [2.24, 2.45) is 11.5 Å². The highest BCUT2D eigenvalue weighted by atomic mass is 16.4. The van der Waals surface area contributed by atoms with Crippen molar-refractivity contribution >= 4 is 34.6 Å². The molecule has 0 aliphatic carbocycles. The lowest BCUT2D eigenvalue weighted by atomic mass is 10.0. The standard InChI is InChI=1S/C25H38N6O7/c1-13(32)20(27)24(36)29-18(9-5-6-10-26)22(34)30-19(23(35)31-21(14(2)33)25(37)38)11-15-12-28-17-8-4-3-7-16(15)17/h3-4,7-8,12-14,18-21,28,32-33H,5-6,9-11,26-27H2,1-2H3,(H,29,36)(H,30,34)(H,31,35)(H,37,38). The Bertz CT molecular complexity index is 1100. The van der Waals surface area contributed by atoms with Gasteiger partial charge in [-0.05, 0) is 51.3 Å². The van der Waals surface area contributed by atoms with Crippen molar-refractivity contribution in [3.63, 3.8) is 0 Å². The van der Waals surface area contributed by atoms with Crippen molar-refractivity contribution in [3.8, 4) is 0 Å². The van der Waals surface area contributed by atoms with Crippen molar-refractivity contribution in [2.75, 3.05) is 6.54 Å². The first-order valence-electron chi connectivity index (χ1n) is 12.5. The van der Waals surface area contributed by atoms with E-state index >= 15 is 0 Å². The number of rotatable bonds is 15. The van der Waals surface area contributed by atoms with E-state index < -0.39 is 60.1 Å². The van der Waals surface area contributed by atoms with Crippen molar-refractivity contribution < 1.29 is 34.5 Å². The summed E-state index contributed by atoms with van der Waals surface area (Å²) in [6.07, 6.45) is 0.376. The van der Waals surface area contributed by atoms with Crippen LogP contribution in [0.25, 0.3) is 10.9 Å². The average Bonchev–Trinajstić information content (AvgIpc) is 3.27. The summed E-state index contributed by atoms with van der Waals surface area (Å²) in [4.78, 5) is 53.6. The van der Waals surface area contributed by atoms with Crippen molar-refractivity contribution in [3.05, 3.63) is 36.0 Å². The number of unbranched alkanes of at least 4 members (excludes halogenated alkanes) is 1. The maximum atomic E-state index is 13.3. The quantitative estimate of drug-likeness (QED) is 0.120. The summed E-state index contributed by atoms with van der Waals surface area (Å²) in [6, 6.07) is 2.11. The second kappa shape index (κ2) is 14.4. The Kier molecular flexibility index (Phi) is 11.7. The summed E-state index contributed by atoms with van der Waals surface area (Å²) in [6.45, 7) is 2.94. The molecule has 0 aliphatic heterocycles. The molecule has 1 aromatic carbocycles. The number of para-hydroxylation sites is 1. The van der Waals surface area contributed by atoms with Crippen LogP contribution in [0.2, 0.25) is 0 Å². The van der Waals surface area contributed by atoms with Crippen LogP contribution < -0.4 is 27.4 Å². The van der Waals surface area contributed by atoms with Gasteiger partial charge in [0.05, 0.1) is 12.2 Å². The number of aliphatic hydroxyl groups is 2.